The topological polar surface area (TPSA) is 71.2 Å². The first-order valence-corrected chi connectivity index (χ1v) is 7.79. The number of carbonyl (C=O) groups is 1. The maximum Gasteiger partial charge on any atom is 0.304 e. The number of rotatable bonds is 4. The standard InChI is InChI=1S/C15H16N2O3S/c18-14(16-8-7-11-9-21-15(19)17-11)13-6-5-10-3-1-2-4-12(10)20-13/h1-4,9,13H,5-8H2,(H,16,18)(H,17,19). The first-order chi connectivity index (χ1) is 10.2. The van der Waals surface area contributed by atoms with E-state index in [9.17, 15) is 9.59 Å². The van der Waals surface area contributed by atoms with Gasteiger partial charge in [0.2, 0.25) is 0 Å². The Kier molecular flexibility index (Phi) is 4.06. The van der Waals surface area contributed by atoms with Gasteiger partial charge in [-0.05, 0) is 24.5 Å². The van der Waals surface area contributed by atoms with Crippen LogP contribution in [0, 0.1) is 0 Å². The monoisotopic (exact) mass is 304 g/mol. The number of nitrogens with one attached hydrogen (secondary N) is 2. The Balaban J connectivity index is 1.51. The van der Waals surface area contributed by atoms with Crippen LogP contribution in [-0.2, 0) is 17.6 Å². The average molecular weight is 304 g/mol. The van der Waals surface area contributed by atoms with Gasteiger partial charge >= 0.3 is 4.87 Å². The second-order valence-electron chi connectivity index (χ2n) is 4.97. The number of aryl methyl sites for hydroxylation is 1. The van der Waals surface area contributed by atoms with Gasteiger partial charge < -0.3 is 15.0 Å². The van der Waals surface area contributed by atoms with Gasteiger partial charge in [0.25, 0.3) is 5.91 Å². The van der Waals surface area contributed by atoms with E-state index in [0.717, 1.165) is 34.8 Å². The smallest absolute Gasteiger partial charge is 0.304 e. The summed E-state index contributed by atoms with van der Waals surface area (Å²) in [5.74, 6) is 0.702. The van der Waals surface area contributed by atoms with Crippen molar-refractivity contribution in [2.75, 3.05) is 6.54 Å². The molecule has 3 rings (SSSR count). The van der Waals surface area contributed by atoms with Crippen LogP contribution in [0.15, 0.2) is 34.4 Å². The lowest BCUT2D eigenvalue weighted by molar-refractivity contribution is -0.128. The third kappa shape index (κ3) is 3.33. The Labute approximate surface area is 126 Å². The third-order valence-corrected chi connectivity index (χ3v) is 4.19. The van der Waals surface area contributed by atoms with Gasteiger partial charge in [0, 0.05) is 24.0 Å². The molecule has 1 aliphatic rings. The number of benzene rings is 1. The van der Waals surface area contributed by atoms with Gasteiger partial charge in [0.05, 0.1) is 0 Å². The van der Waals surface area contributed by atoms with E-state index in [1.165, 1.54) is 0 Å². The summed E-state index contributed by atoms with van der Waals surface area (Å²) in [4.78, 5) is 25.8. The summed E-state index contributed by atoms with van der Waals surface area (Å²) >= 11 is 1.14. The van der Waals surface area contributed by atoms with Crippen LogP contribution < -0.4 is 14.9 Å². The quantitative estimate of drug-likeness (QED) is 0.899. The highest BCUT2D eigenvalue weighted by Gasteiger charge is 2.25. The first-order valence-electron chi connectivity index (χ1n) is 6.91. The van der Waals surface area contributed by atoms with Gasteiger partial charge in [-0.15, -0.1) is 0 Å². The number of H-pyrrole nitrogens is 1. The van der Waals surface area contributed by atoms with Gasteiger partial charge in [0.15, 0.2) is 6.10 Å². The summed E-state index contributed by atoms with van der Waals surface area (Å²) in [7, 11) is 0. The van der Waals surface area contributed by atoms with E-state index in [1.807, 2.05) is 24.3 Å². The fraction of sp³-hybridized carbons (Fsp3) is 0.333. The highest BCUT2D eigenvalue weighted by Crippen LogP contribution is 2.26. The second-order valence-corrected chi connectivity index (χ2v) is 5.81. The predicted molar refractivity (Wildman–Crippen MR) is 80.8 cm³/mol. The maximum atomic E-state index is 12.1. The first kappa shape index (κ1) is 13.9. The number of amides is 1. The number of hydrogen-bond acceptors (Lipinski definition) is 4. The molecular weight excluding hydrogens is 288 g/mol. The van der Waals surface area contributed by atoms with Gasteiger partial charge in [-0.3, -0.25) is 9.59 Å². The number of ether oxygens (including phenoxy) is 1. The Bertz CT molecular complexity index is 692. The Morgan fingerprint density at radius 1 is 1.43 bits per heavy atom. The van der Waals surface area contributed by atoms with Crippen molar-refractivity contribution >= 4 is 17.2 Å². The SMILES string of the molecule is O=C(NCCc1csc(=O)[nH]1)C1CCc2ccccc2O1. The molecule has 1 amide bonds. The van der Waals surface area contributed by atoms with Gasteiger partial charge in [-0.2, -0.15) is 0 Å². The lowest BCUT2D eigenvalue weighted by Crippen LogP contribution is -2.41. The van der Waals surface area contributed by atoms with E-state index in [1.54, 1.807) is 5.38 Å². The number of para-hydroxylation sites is 1. The van der Waals surface area contributed by atoms with E-state index in [-0.39, 0.29) is 10.8 Å². The molecule has 110 valence electrons. The van der Waals surface area contributed by atoms with Gasteiger partial charge in [0.1, 0.15) is 5.75 Å². The van der Waals surface area contributed by atoms with Crippen LogP contribution in [0.3, 0.4) is 0 Å². The van der Waals surface area contributed by atoms with Crippen LogP contribution in [0.5, 0.6) is 5.75 Å². The van der Waals surface area contributed by atoms with E-state index in [4.69, 9.17) is 4.74 Å². The average Bonchev–Trinajstić information content (AvgIpc) is 2.92. The van der Waals surface area contributed by atoms with E-state index in [0.29, 0.717) is 19.4 Å². The minimum absolute atomic E-state index is 0.0662. The zero-order chi connectivity index (χ0) is 14.7. The summed E-state index contributed by atoms with van der Waals surface area (Å²) < 4.78 is 5.73. The van der Waals surface area contributed by atoms with Crippen LogP contribution in [0.2, 0.25) is 0 Å². The molecule has 1 aliphatic heterocycles. The molecule has 0 saturated carbocycles. The summed E-state index contributed by atoms with van der Waals surface area (Å²) in [5.41, 5.74) is 2.00. The van der Waals surface area contributed by atoms with Crippen LogP contribution >= 0.6 is 11.3 Å². The largest absolute Gasteiger partial charge is 0.480 e. The summed E-state index contributed by atoms with van der Waals surface area (Å²) in [6.07, 6.45) is 1.74. The normalized spacial score (nSPS) is 16.9. The number of carbonyl (C=O) groups excluding carboxylic acids is 1. The highest BCUT2D eigenvalue weighted by molar-refractivity contribution is 7.07. The predicted octanol–water partition coefficient (Wildman–Crippen LogP) is 1.49. The van der Waals surface area contributed by atoms with Gasteiger partial charge in [-0.25, -0.2) is 0 Å². The summed E-state index contributed by atoms with van der Waals surface area (Å²) in [5, 5.41) is 4.64. The number of aromatic nitrogens is 1. The number of fused-ring (bicyclic) bond motifs is 1. The molecule has 0 fully saturated rings. The Morgan fingerprint density at radius 2 is 2.29 bits per heavy atom. The zero-order valence-corrected chi connectivity index (χ0v) is 12.2. The molecule has 0 spiro atoms. The minimum Gasteiger partial charge on any atom is -0.480 e. The minimum atomic E-state index is -0.429. The Hall–Kier alpha value is -2.08. The molecule has 1 atom stereocenters. The van der Waals surface area contributed by atoms with Crippen molar-refractivity contribution < 1.29 is 9.53 Å². The molecule has 0 aliphatic carbocycles. The van der Waals surface area contributed by atoms with Crippen LogP contribution in [0.4, 0.5) is 0 Å². The van der Waals surface area contributed by atoms with Crippen molar-refractivity contribution in [1.29, 1.82) is 0 Å². The summed E-state index contributed by atoms with van der Waals surface area (Å²) in [6.45, 7) is 0.493. The van der Waals surface area contributed by atoms with Crippen molar-refractivity contribution in [3.63, 3.8) is 0 Å². The molecular formula is C15H16N2O3S. The van der Waals surface area contributed by atoms with Crippen LogP contribution in [-0.4, -0.2) is 23.5 Å². The maximum absolute atomic E-state index is 12.1. The molecule has 1 unspecified atom stereocenters. The van der Waals surface area contributed by atoms with Crippen molar-refractivity contribution in [2.45, 2.75) is 25.4 Å². The third-order valence-electron chi connectivity index (χ3n) is 3.47. The lowest BCUT2D eigenvalue weighted by Gasteiger charge is -2.25. The number of thiazole rings is 1. The van der Waals surface area contributed by atoms with Crippen LogP contribution in [0.1, 0.15) is 17.7 Å². The Morgan fingerprint density at radius 3 is 3.10 bits per heavy atom. The van der Waals surface area contributed by atoms with Crippen molar-refractivity contribution in [3.8, 4) is 5.75 Å². The van der Waals surface area contributed by atoms with Gasteiger partial charge in [-0.1, -0.05) is 29.5 Å². The molecule has 0 bridgehead atoms. The fourth-order valence-corrected chi connectivity index (χ4v) is 3.00. The van der Waals surface area contributed by atoms with Crippen molar-refractivity contribution in [2.24, 2.45) is 0 Å². The molecule has 0 saturated heterocycles. The molecule has 2 aromatic rings. The fourth-order valence-electron chi connectivity index (χ4n) is 2.38. The molecule has 5 nitrogen and oxygen atoms in total. The van der Waals surface area contributed by atoms with E-state index >= 15 is 0 Å². The molecule has 0 radical (unpaired) electrons. The van der Waals surface area contributed by atoms with Crippen molar-refractivity contribution in [1.82, 2.24) is 10.3 Å². The van der Waals surface area contributed by atoms with Crippen molar-refractivity contribution in [3.05, 3.63) is 50.6 Å². The zero-order valence-electron chi connectivity index (χ0n) is 11.4. The molecule has 2 heterocycles. The number of aromatic amines is 1. The molecule has 1 aromatic carbocycles. The summed E-state index contributed by atoms with van der Waals surface area (Å²) in [6, 6.07) is 7.80. The molecule has 1 aromatic heterocycles. The number of hydrogen-bond donors (Lipinski definition) is 2. The lowest BCUT2D eigenvalue weighted by atomic mass is 10.0. The molecule has 6 heteroatoms. The second kappa shape index (κ2) is 6.13. The van der Waals surface area contributed by atoms with Crippen LogP contribution in [0.25, 0.3) is 0 Å². The highest BCUT2D eigenvalue weighted by atomic mass is 32.1. The van der Waals surface area contributed by atoms with E-state index < -0.39 is 6.10 Å². The van der Waals surface area contributed by atoms with E-state index in [2.05, 4.69) is 10.3 Å². The molecule has 21 heavy (non-hydrogen) atoms. The molecule has 2 N–H and O–H groups in total.